The summed E-state index contributed by atoms with van der Waals surface area (Å²) in [6.07, 6.45) is 3.32. The molecule has 6 heteroatoms. The zero-order valence-corrected chi connectivity index (χ0v) is 15.1. The number of benzene rings is 2. The van der Waals surface area contributed by atoms with Gasteiger partial charge in [0.1, 0.15) is 0 Å². The summed E-state index contributed by atoms with van der Waals surface area (Å²) in [7, 11) is 1.65. The number of carbonyl (C=O) groups excluding carboxylic acids is 3. The summed E-state index contributed by atoms with van der Waals surface area (Å²) in [6.45, 7) is 3.46. The molecule has 6 nitrogen and oxygen atoms in total. The number of fused-ring (bicyclic) bond motifs is 1. The van der Waals surface area contributed by atoms with Crippen LogP contribution in [0.2, 0.25) is 0 Å². The maximum absolute atomic E-state index is 12.5. The summed E-state index contributed by atoms with van der Waals surface area (Å²) in [5.74, 6) is -0.438. The predicted molar refractivity (Wildman–Crippen MR) is 106 cm³/mol. The van der Waals surface area contributed by atoms with Crippen LogP contribution in [0.1, 0.15) is 28.8 Å². The molecular formula is C21H21N3O3. The number of amides is 3. The Labute approximate surface area is 157 Å². The number of rotatable bonds is 4. The van der Waals surface area contributed by atoms with Crippen LogP contribution in [0.4, 0.5) is 17.1 Å². The molecular weight excluding hydrogens is 342 g/mol. The second-order valence-corrected chi connectivity index (χ2v) is 6.38. The van der Waals surface area contributed by atoms with Crippen molar-refractivity contribution < 1.29 is 14.4 Å². The number of anilines is 3. The van der Waals surface area contributed by atoms with Crippen LogP contribution < -0.4 is 15.5 Å². The molecule has 0 fully saturated rings. The van der Waals surface area contributed by atoms with Crippen molar-refractivity contribution in [2.24, 2.45) is 0 Å². The van der Waals surface area contributed by atoms with Gasteiger partial charge in [0.05, 0.1) is 0 Å². The van der Waals surface area contributed by atoms with Gasteiger partial charge in [-0.1, -0.05) is 6.58 Å². The van der Waals surface area contributed by atoms with Crippen LogP contribution in [0.25, 0.3) is 0 Å². The zero-order valence-electron chi connectivity index (χ0n) is 15.1. The normalized spacial score (nSPS) is 13.0. The maximum atomic E-state index is 12.5. The number of hydrogen-bond donors (Lipinski definition) is 2. The van der Waals surface area contributed by atoms with Crippen LogP contribution in [0.3, 0.4) is 0 Å². The van der Waals surface area contributed by atoms with Crippen LogP contribution in [0.15, 0.2) is 55.1 Å². The highest BCUT2D eigenvalue weighted by Crippen LogP contribution is 2.25. The highest BCUT2D eigenvalue weighted by Gasteiger charge is 2.14. The molecule has 0 bridgehead atoms. The number of aryl methyl sites for hydroxylation is 1. The molecule has 3 rings (SSSR count). The Kier molecular flexibility index (Phi) is 5.35. The fourth-order valence-electron chi connectivity index (χ4n) is 2.96. The van der Waals surface area contributed by atoms with Gasteiger partial charge < -0.3 is 15.5 Å². The van der Waals surface area contributed by atoms with E-state index in [9.17, 15) is 14.4 Å². The summed E-state index contributed by atoms with van der Waals surface area (Å²) in [4.78, 5) is 37.2. The lowest BCUT2D eigenvalue weighted by Gasteiger charge is -2.15. The lowest BCUT2D eigenvalue weighted by Crippen LogP contribution is -2.23. The van der Waals surface area contributed by atoms with E-state index in [-0.39, 0.29) is 17.7 Å². The first-order chi connectivity index (χ1) is 13.0. The number of likely N-dealkylation sites (N-methyl/N-ethyl adjacent to an activating group) is 1. The van der Waals surface area contributed by atoms with Crippen molar-refractivity contribution in [1.82, 2.24) is 0 Å². The average molecular weight is 363 g/mol. The summed E-state index contributed by atoms with van der Waals surface area (Å²) in [5, 5.41) is 5.75. The van der Waals surface area contributed by atoms with Gasteiger partial charge in [0.15, 0.2) is 0 Å². The molecule has 1 heterocycles. The van der Waals surface area contributed by atoms with Crippen LogP contribution >= 0.6 is 0 Å². The second-order valence-electron chi connectivity index (χ2n) is 6.38. The summed E-state index contributed by atoms with van der Waals surface area (Å²) >= 11 is 0. The van der Waals surface area contributed by atoms with Crippen LogP contribution in [0.5, 0.6) is 0 Å². The van der Waals surface area contributed by atoms with E-state index in [1.165, 1.54) is 11.0 Å². The fourth-order valence-corrected chi connectivity index (χ4v) is 2.96. The third kappa shape index (κ3) is 4.23. The summed E-state index contributed by atoms with van der Waals surface area (Å²) in [5.41, 5.74) is 3.66. The molecule has 27 heavy (non-hydrogen) atoms. The van der Waals surface area contributed by atoms with Crippen molar-refractivity contribution in [3.63, 3.8) is 0 Å². The third-order valence-corrected chi connectivity index (χ3v) is 4.51. The molecule has 1 aliphatic rings. The minimum Gasteiger partial charge on any atom is -0.326 e. The largest absolute Gasteiger partial charge is 0.326 e. The second kappa shape index (κ2) is 7.86. The summed E-state index contributed by atoms with van der Waals surface area (Å²) in [6, 6.07) is 12.2. The molecule has 0 unspecified atom stereocenters. The van der Waals surface area contributed by atoms with Gasteiger partial charge in [-0.15, -0.1) is 0 Å². The SMILES string of the molecule is C=CC(=O)N(C)c1ccc(C(=O)Nc2ccc3c(c2)CCCC(=O)N3)cc1. The predicted octanol–water partition coefficient (Wildman–Crippen LogP) is 3.36. The lowest BCUT2D eigenvalue weighted by molar-refractivity contribution is -0.116. The average Bonchev–Trinajstić information content (AvgIpc) is 2.87. The Morgan fingerprint density at radius 1 is 1.15 bits per heavy atom. The molecule has 0 aromatic heterocycles. The van der Waals surface area contributed by atoms with Gasteiger partial charge in [0, 0.05) is 36.1 Å². The molecule has 0 saturated carbocycles. The Bertz CT molecular complexity index is 903. The fraction of sp³-hybridized carbons (Fsp3) is 0.190. The van der Waals surface area contributed by atoms with Crippen LogP contribution in [0, 0.1) is 0 Å². The Hall–Kier alpha value is -3.41. The lowest BCUT2D eigenvalue weighted by atomic mass is 10.1. The quantitative estimate of drug-likeness (QED) is 0.818. The molecule has 0 atom stereocenters. The first-order valence-electron chi connectivity index (χ1n) is 8.72. The molecule has 2 N–H and O–H groups in total. The minimum absolute atomic E-state index is 0.0190. The molecule has 0 aliphatic carbocycles. The highest BCUT2D eigenvalue weighted by atomic mass is 16.2. The molecule has 2 aromatic rings. The third-order valence-electron chi connectivity index (χ3n) is 4.51. The maximum Gasteiger partial charge on any atom is 0.255 e. The molecule has 0 spiro atoms. The first-order valence-corrected chi connectivity index (χ1v) is 8.72. The smallest absolute Gasteiger partial charge is 0.255 e. The van der Waals surface area contributed by atoms with E-state index in [4.69, 9.17) is 0 Å². The van der Waals surface area contributed by atoms with Gasteiger partial charge in [0.25, 0.3) is 5.91 Å². The first kappa shape index (κ1) is 18.4. The van der Waals surface area contributed by atoms with E-state index in [0.29, 0.717) is 23.4 Å². The van der Waals surface area contributed by atoms with E-state index in [2.05, 4.69) is 17.2 Å². The van der Waals surface area contributed by atoms with Gasteiger partial charge in [-0.2, -0.15) is 0 Å². The number of hydrogen-bond acceptors (Lipinski definition) is 3. The van der Waals surface area contributed by atoms with Crippen molar-refractivity contribution in [3.05, 3.63) is 66.2 Å². The molecule has 138 valence electrons. The monoisotopic (exact) mass is 363 g/mol. The number of nitrogens with zero attached hydrogens (tertiary/aromatic N) is 1. The van der Waals surface area contributed by atoms with E-state index in [1.807, 2.05) is 12.1 Å². The van der Waals surface area contributed by atoms with Crippen LogP contribution in [-0.4, -0.2) is 24.8 Å². The van der Waals surface area contributed by atoms with Gasteiger partial charge in [0.2, 0.25) is 11.8 Å². The highest BCUT2D eigenvalue weighted by molar-refractivity contribution is 6.05. The van der Waals surface area contributed by atoms with E-state index < -0.39 is 0 Å². The van der Waals surface area contributed by atoms with Crippen LogP contribution in [-0.2, 0) is 16.0 Å². The van der Waals surface area contributed by atoms with Crippen molar-refractivity contribution in [3.8, 4) is 0 Å². The van der Waals surface area contributed by atoms with Gasteiger partial charge in [-0.3, -0.25) is 14.4 Å². The minimum atomic E-state index is -0.239. The van der Waals surface area contributed by atoms with E-state index in [1.54, 1.807) is 37.4 Å². The standard InChI is InChI=1S/C21H21N3O3/c1-3-20(26)24(2)17-10-7-14(8-11-17)21(27)22-16-9-12-18-15(13-16)5-4-6-19(25)23-18/h3,7-13H,1,4-6H2,2H3,(H,22,27)(H,23,25). The Morgan fingerprint density at radius 3 is 2.59 bits per heavy atom. The van der Waals surface area contributed by atoms with Gasteiger partial charge in [-0.25, -0.2) is 0 Å². The zero-order chi connectivity index (χ0) is 19.4. The van der Waals surface area contributed by atoms with Crippen molar-refractivity contribution in [2.45, 2.75) is 19.3 Å². The number of nitrogens with one attached hydrogen (secondary N) is 2. The van der Waals surface area contributed by atoms with Gasteiger partial charge >= 0.3 is 0 Å². The van der Waals surface area contributed by atoms with Crippen molar-refractivity contribution in [1.29, 1.82) is 0 Å². The van der Waals surface area contributed by atoms with Gasteiger partial charge in [-0.05, 0) is 66.9 Å². The Morgan fingerprint density at radius 2 is 1.89 bits per heavy atom. The summed E-state index contributed by atoms with van der Waals surface area (Å²) < 4.78 is 0. The Balaban J connectivity index is 1.72. The molecule has 0 radical (unpaired) electrons. The molecule has 2 aromatic carbocycles. The molecule has 3 amide bonds. The van der Waals surface area contributed by atoms with E-state index >= 15 is 0 Å². The molecule has 0 saturated heterocycles. The topological polar surface area (TPSA) is 78.5 Å². The number of carbonyl (C=O) groups is 3. The van der Waals surface area contributed by atoms with Crippen molar-refractivity contribution in [2.75, 3.05) is 22.6 Å². The molecule has 1 aliphatic heterocycles. The van der Waals surface area contributed by atoms with E-state index in [0.717, 1.165) is 24.1 Å². The van der Waals surface area contributed by atoms with Crippen molar-refractivity contribution >= 4 is 34.8 Å².